The Morgan fingerprint density at radius 3 is 2.00 bits per heavy atom. The average molecular weight is 1220 g/mol. The number of aromatic nitrogens is 3. The fourth-order valence-corrected chi connectivity index (χ4v) is 13.9. The van der Waals surface area contributed by atoms with E-state index in [0.29, 0.717) is 87.2 Å². The number of rotatable bonds is 18. The number of amides is 4. The Kier molecular flexibility index (Phi) is 15.5. The van der Waals surface area contributed by atoms with Crippen LogP contribution in [-0.2, 0) is 27.4 Å². The first kappa shape index (κ1) is 57.1. The number of benzene rings is 4. The summed E-state index contributed by atoms with van der Waals surface area (Å²) in [7, 11) is 0. The van der Waals surface area contributed by atoms with E-state index in [-0.39, 0.29) is 108 Å². The number of aromatic carboxylic acids is 1. The molecule has 4 amide bonds. The number of hydrogen-bond donors (Lipinski definition) is 3. The predicted molar refractivity (Wildman–Crippen MR) is 308 cm³/mol. The molecule has 4 aliphatic heterocycles. The number of carboxylic acids is 1. The maximum atomic E-state index is 13.9. The number of ether oxygens (including phenoxy) is 4. The fourth-order valence-electron chi connectivity index (χ4n) is 13.3. The lowest BCUT2D eigenvalue weighted by Gasteiger charge is -2.54. The van der Waals surface area contributed by atoms with Crippen LogP contribution in [-0.4, -0.2) is 104 Å². The molecule has 18 nitrogen and oxygen atoms in total. The maximum Gasteiger partial charge on any atom is 0.573 e. The fraction of sp³-hybridized carbons (Fsp3) is 0.381. The van der Waals surface area contributed by atoms with Crippen LogP contribution in [0.1, 0.15) is 138 Å². The van der Waals surface area contributed by atoms with Crippen molar-refractivity contribution in [2.24, 2.45) is 0 Å². The topological polar surface area (TPSA) is 221 Å². The number of anilines is 2. The molecule has 0 radical (unpaired) electrons. The van der Waals surface area contributed by atoms with Crippen LogP contribution >= 0.6 is 23.2 Å². The zero-order valence-corrected chi connectivity index (χ0v) is 47.9. The molecule has 446 valence electrons. The van der Waals surface area contributed by atoms with Crippen LogP contribution in [0.4, 0.5) is 34.1 Å². The van der Waals surface area contributed by atoms with Gasteiger partial charge in [0.25, 0.3) is 0 Å². The number of hydrogen-bond acceptors (Lipinski definition) is 13. The number of pyridine rings is 1. The van der Waals surface area contributed by atoms with E-state index in [0.717, 1.165) is 49.0 Å². The highest BCUT2D eigenvalue weighted by atomic mass is 35.5. The molecule has 3 aliphatic carbocycles. The number of alkyl halides is 3. The molecule has 86 heavy (non-hydrogen) atoms. The van der Waals surface area contributed by atoms with E-state index in [9.17, 15) is 37.5 Å². The second kappa shape index (κ2) is 23.4. The quantitative estimate of drug-likeness (QED) is 0.0681. The summed E-state index contributed by atoms with van der Waals surface area (Å²) in [4.78, 5) is 60.1. The van der Waals surface area contributed by atoms with Crippen LogP contribution in [0.2, 0.25) is 10.0 Å². The van der Waals surface area contributed by atoms with Crippen molar-refractivity contribution in [3.05, 3.63) is 153 Å². The Labute approximate surface area is 501 Å². The normalized spacial score (nSPS) is 22.9. The zero-order chi connectivity index (χ0) is 59.5. The molecule has 4 saturated heterocycles. The van der Waals surface area contributed by atoms with E-state index in [1.54, 1.807) is 73.9 Å². The highest BCUT2D eigenvalue weighted by Crippen LogP contribution is 2.58. The Balaban J connectivity index is 0.691. The molecular formula is C63H58Cl2F3N7O11. The van der Waals surface area contributed by atoms with E-state index in [4.69, 9.17) is 46.5 Å². The van der Waals surface area contributed by atoms with Crippen LogP contribution in [0, 0.1) is 0 Å². The molecule has 3 saturated carbocycles. The molecule has 4 aromatic carbocycles. The highest BCUT2D eigenvalue weighted by Gasteiger charge is 2.50. The van der Waals surface area contributed by atoms with Gasteiger partial charge in [-0.25, -0.2) is 19.2 Å². The maximum absolute atomic E-state index is 13.9. The number of carboxylic acid groups (broad SMARTS) is 1. The van der Waals surface area contributed by atoms with E-state index >= 15 is 0 Å². The molecule has 7 heterocycles. The standard InChI is InChI=1S/C63H58Cl2F3N7O11/c1-2-81-60(78)43-9-3-5-11-52(43)71-62(80)74-36-16-17-37(74)25-40(24-36)82-30-48-55(44-10-4-6-12-53(44)84-63(66,67)68)72-86-58(48)47-28-46(47)34-20-50(64)54(51(65)21-34)56-49(57(85-73-56)32-13-14-32)31-83-41-26-38-23-39(27-41)75(38)61(79)70-35-15-18-42(59(76)77)45(22-35)33-8-7-19-69-29-33/h3-12,15,18-22,29,32,36-41,46-47H,2,13-14,16-17,23-28,30-31H2,1H3,(H,70,79)(H,71,80)(H,76,77). The van der Waals surface area contributed by atoms with Gasteiger partial charge in [0, 0.05) is 81.9 Å². The number of urea groups is 2. The van der Waals surface area contributed by atoms with Gasteiger partial charge in [-0.05, 0) is 149 Å². The van der Waals surface area contributed by atoms with Gasteiger partial charge in [0.05, 0.1) is 58.9 Å². The third kappa shape index (κ3) is 11.5. The molecular weight excluding hydrogens is 1160 g/mol. The molecule has 6 unspecified atom stereocenters. The number of nitrogens with zero attached hydrogens (tertiary/aromatic N) is 5. The smallest absolute Gasteiger partial charge is 0.478 e. The second-order valence-corrected chi connectivity index (χ2v) is 23.7. The van der Waals surface area contributed by atoms with E-state index in [1.165, 1.54) is 24.3 Å². The van der Waals surface area contributed by atoms with Crippen LogP contribution in [0.5, 0.6) is 5.75 Å². The molecule has 7 aromatic rings. The van der Waals surface area contributed by atoms with Gasteiger partial charge >= 0.3 is 30.4 Å². The third-order valence-corrected chi connectivity index (χ3v) is 18.0. The SMILES string of the molecule is CCOC(=O)c1ccccc1NC(=O)N1C2CCC1CC(OCc1c(-c3ccccc3OC(F)(F)F)noc1C1CC1c1cc(Cl)c(-c3noc(C4CC4)c3COC3CC4CC(C3)N4C(=O)Nc3ccc(C(=O)O)c(-c4cccnc4)c3)c(Cl)c1)C2. The average Bonchev–Trinajstić information content (AvgIpc) is 1.74. The first-order valence-corrected chi connectivity index (χ1v) is 29.6. The summed E-state index contributed by atoms with van der Waals surface area (Å²) in [5.41, 5.74) is 5.42. The molecule has 6 atom stereocenters. The highest BCUT2D eigenvalue weighted by molar-refractivity contribution is 6.39. The van der Waals surface area contributed by atoms with Crippen molar-refractivity contribution in [1.82, 2.24) is 25.1 Å². The Bertz CT molecular complexity index is 3720. The van der Waals surface area contributed by atoms with Gasteiger partial charge in [0.2, 0.25) is 0 Å². The lowest BCUT2D eigenvalue weighted by Crippen LogP contribution is -2.65. The zero-order valence-electron chi connectivity index (χ0n) is 46.4. The summed E-state index contributed by atoms with van der Waals surface area (Å²) in [6, 6.07) is 23.2. The van der Waals surface area contributed by atoms with Gasteiger partial charge in [-0.1, -0.05) is 63.8 Å². The number of fused-ring (bicyclic) bond motifs is 4. The third-order valence-electron chi connectivity index (χ3n) is 17.4. The lowest BCUT2D eigenvalue weighted by molar-refractivity contribution is -0.274. The Morgan fingerprint density at radius 2 is 1.33 bits per heavy atom. The molecule has 4 bridgehead atoms. The van der Waals surface area contributed by atoms with Crippen molar-refractivity contribution in [3.63, 3.8) is 0 Å². The van der Waals surface area contributed by atoms with Gasteiger partial charge in [-0.2, -0.15) is 0 Å². The number of nitrogens with one attached hydrogen (secondary N) is 2. The van der Waals surface area contributed by atoms with Crippen LogP contribution in [0.25, 0.3) is 33.6 Å². The minimum absolute atomic E-state index is 0.0569. The van der Waals surface area contributed by atoms with Crippen molar-refractivity contribution in [2.75, 3.05) is 17.2 Å². The second-order valence-electron chi connectivity index (χ2n) is 22.9. The van der Waals surface area contributed by atoms with Gasteiger partial charge in [0.15, 0.2) is 0 Å². The number of piperidine rings is 2. The van der Waals surface area contributed by atoms with Crippen molar-refractivity contribution < 1.29 is 65.4 Å². The van der Waals surface area contributed by atoms with Crippen molar-refractivity contribution in [1.29, 1.82) is 0 Å². The summed E-state index contributed by atoms with van der Waals surface area (Å²) < 4.78 is 76.6. The van der Waals surface area contributed by atoms with Gasteiger partial charge in [-0.15, -0.1) is 13.2 Å². The Morgan fingerprint density at radius 1 is 0.686 bits per heavy atom. The predicted octanol–water partition coefficient (Wildman–Crippen LogP) is 14.4. The molecule has 14 rings (SSSR count). The first-order valence-electron chi connectivity index (χ1n) is 28.8. The lowest BCUT2D eigenvalue weighted by atomic mass is 9.78. The molecule has 23 heteroatoms. The summed E-state index contributed by atoms with van der Waals surface area (Å²) in [5.74, 6) is -1.20. The van der Waals surface area contributed by atoms with Crippen molar-refractivity contribution in [3.8, 4) is 39.4 Å². The van der Waals surface area contributed by atoms with Gasteiger partial charge in [-0.3, -0.25) is 4.98 Å². The molecule has 7 aliphatic rings. The summed E-state index contributed by atoms with van der Waals surface area (Å²) in [5, 5.41) is 25.3. The van der Waals surface area contributed by atoms with E-state index in [2.05, 4.69) is 30.7 Å². The monoisotopic (exact) mass is 1220 g/mol. The molecule has 3 N–H and O–H groups in total. The Hall–Kier alpha value is -7.98. The summed E-state index contributed by atoms with van der Waals surface area (Å²) in [6.45, 7) is 2.01. The van der Waals surface area contributed by atoms with E-state index in [1.807, 2.05) is 21.9 Å². The number of para-hydroxylation sites is 2. The first-order chi connectivity index (χ1) is 41.6. The van der Waals surface area contributed by atoms with Crippen molar-refractivity contribution >= 4 is 58.6 Å². The summed E-state index contributed by atoms with van der Waals surface area (Å²) in [6.07, 6.45) is 4.66. The van der Waals surface area contributed by atoms with Gasteiger partial charge < -0.3 is 53.5 Å². The van der Waals surface area contributed by atoms with Gasteiger partial charge in [0.1, 0.15) is 28.7 Å². The molecule has 3 aromatic heterocycles. The van der Waals surface area contributed by atoms with Crippen LogP contribution in [0.3, 0.4) is 0 Å². The van der Waals surface area contributed by atoms with E-state index < -0.39 is 24.1 Å². The molecule has 0 spiro atoms. The summed E-state index contributed by atoms with van der Waals surface area (Å²) >= 11 is 14.4. The molecule has 7 fully saturated rings. The number of carbonyl (C=O) groups excluding carboxylic acids is 3. The number of halogens is 5. The van der Waals surface area contributed by atoms with Crippen LogP contribution in [0.15, 0.2) is 112 Å². The number of carbonyl (C=O) groups is 4. The number of esters is 1. The van der Waals surface area contributed by atoms with Crippen molar-refractivity contribution in [2.45, 2.75) is 145 Å². The van der Waals surface area contributed by atoms with Crippen LogP contribution < -0.4 is 15.4 Å². The minimum atomic E-state index is -4.98. The largest absolute Gasteiger partial charge is 0.573 e. The minimum Gasteiger partial charge on any atom is -0.478 e.